The summed E-state index contributed by atoms with van der Waals surface area (Å²) in [6.07, 6.45) is -4.12. The summed E-state index contributed by atoms with van der Waals surface area (Å²) in [6, 6.07) is 1.55. The summed E-state index contributed by atoms with van der Waals surface area (Å²) in [5.41, 5.74) is 0.486. The first kappa shape index (κ1) is 16.0. The van der Waals surface area contributed by atoms with E-state index < -0.39 is 21.8 Å². The Hall–Kier alpha value is -1.91. The van der Waals surface area contributed by atoms with Crippen molar-refractivity contribution in [2.75, 3.05) is 23.4 Å². The molecule has 11 heteroatoms. The normalized spacial score (nSPS) is 21.0. The van der Waals surface area contributed by atoms with Gasteiger partial charge in [-0.15, -0.1) is 5.10 Å². The largest absolute Gasteiger partial charge is 0.453 e. The Morgan fingerprint density at radius 3 is 2.74 bits per heavy atom. The average Bonchev–Trinajstić information content (AvgIpc) is 2.98. The van der Waals surface area contributed by atoms with Crippen molar-refractivity contribution in [1.82, 2.24) is 19.6 Å². The standard InChI is InChI=1S/C12H14F3N5O2S/c1-7-4-9(16-5-8-2-3-23(21,22)6-8)20-11(17-7)18-10(19-20)12(13,14)15/h4,8,16H,2-3,5-6H2,1H3/t8-/m0/s1. The molecule has 0 spiro atoms. The van der Waals surface area contributed by atoms with E-state index in [-0.39, 0.29) is 23.2 Å². The first-order chi connectivity index (χ1) is 10.6. The third kappa shape index (κ3) is 3.38. The van der Waals surface area contributed by atoms with Gasteiger partial charge >= 0.3 is 6.18 Å². The maximum Gasteiger partial charge on any atom is 0.453 e. The fourth-order valence-corrected chi connectivity index (χ4v) is 4.38. The molecule has 0 radical (unpaired) electrons. The number of halogens is 3. The number of nitrogens with one attached hydrogen (secondary N) is 1. The van der Waals surface area contributed by atoms with E-state index in [4.69, 9.17) is 0 Å². The molecule has 3 rings (SSSR count). The topological polar surface area (TPSA) is 89.2 Å². The molecule has 0 bridgehead atoms. The minimum atomic E-state index is -4.65. The minimum absolute atomic E-state index is 0.0749. The monoisotopic (exact) mass is 349 g/mol. The van der Waals surface area contributed by atoms with Crippen LogP contribution in [0.1, 0.15) is 17.9 Å². The first-order valence-corrected chi connectivity index (χ1v) is 8.72. The van der Waals surface area contributed by atoms with Crippen molar-refractivity contribution in [3.05, 3.63) is 17.6 Å². The van der Waals surface area contributed by atoms with Crippen molar-refractivity contribution in [2.24, 2.45) is 5.92 Å². The van der Waals surface area contributed by atoms with Gasteiger partial charge in [-0.1, -0.05) is 0 Å². The summed E-state index contributed by atoms with van der Waals surface area (Å²) in [5, 5.41) is 6.40. The summed E-state index contributed by atoms with van der Waals surface area (Å²) in [6.45, 7) is 1.96. The molecular formula is C12H14F3N5O2S. The van der Waals surface area contributed by atoms with Crippen molar-refractivity contribution in [3.8, 4) is 0 Å². The number of anilines is 1. The smallest absolute Gasteiger partial charge is 0.370 e. The van der Waals surface area contributed by atoms with E-state index in [1.165, 1.54) is 0 Å². The van der Waals surface area contributed by atoms with Crippen LogP contribution in [-0.4, -0.2) is 46.1 Å². The van der Waals surface area contributed by atoms with Gasteiger partial charge in [-0.05, 0) is 19.3 Å². The second-order valence-electron chi connectivity index (χ2n) is 5.58. The van der Waals surface area contributed by atoms with Crippen LogP contribution in [0.25, 0.3) is 5.78 Å². The highest BCUT2D eigenvalue weighted by atomic mass is 32.2. The lowest BCUT2D eigenvalue weighted by molar-refractivity contribution is -0.144. The van der Waals surface area contributed by atoms with Crippen molar-refractivity contribution < 1.29 is 21.6 Å². The molecular weight excluding hydrogens is 335 g/mol. The molecule has 0 aromatic carbocycles. The molecule has 2 aromatic heterocycles. The van der Waals surface area contributed by atoms with E-state index in [1.54, 1.807) is 13.0 Å². The lowest BCUT2D eigenvalue weighted by Crippen LogP contribution is -2.18. The molecule has 1 N–H and O–H groups in total. The molecule has 0 unspecified atom stereocenters. The Bertz CT molecular complexity index is 846. The number of fused-ring (bicyclic) bond motifs is 1. The van der Waals surface area contributed by atoms with Crippen LogP contribution >= 0.6 is 0 Å². The van der Waals surface area contributed by atoms with Gasteiger partial charge in [0.15, 0.2) is 9.84 Å². The molecule has 126 valence electrons. The van der Waals surface area contributed by atoms with E-state index in [2.05, 4.69) is 20.4 Å². The lowest BCUT2D eigenvalue weighted by atomic mass is 10.1. The summed E-state index contributed by atoms with van der Waals surface area (Å²) in [5.74, 6) is -0.959. The molecule has 0 aliphatic carbocycles. The molecule has 1 fully saturated rings. The van der Waals surface area contributed by atoms with E-state index in [9.17, 15) is 21.6 Å². The van der Waals surface area contributed by atoms with Gasteiger partial charge in [-0.2, -0.15) is 22.7 Å². The second-order valence-corrected chi connectivity index (χ2v) is 7.81. The number of alkyl halides is 3. The van der Waals surface area contributed by atoms with Gasteiger partial charge in [-0.25, -0.2) is 13.4 Å². The lowest BCUT2D eigenvalue weighted by Gasteiger charge is -2.12. The number of nitrogens with zero attached hydrogens (tertiary/aromatic N) is 4. The van der Waals surface area contributed by atoms with Crippen LogP contribution in [0.2, 0.25) is 0 Å². The zero-order chi connectivity index (χ0) is 16.8. The quantitative estimate of drug-likeness (QED) is 0.898. The molecule has 1 aliphatic heterocycles. The van der Waals surface area contributed by atoms with Gasteiger partial charge in [0.05, 0.1) is 11.5 Å². The van der Waals surface area contributed by atoms with Crippen LogP contribution in [0.4, 0.5) is 19.0 Å². The van der Waals surface area contributed by atoms with Gasteiger partial charge in [0.1, 0.15) is 5.82 Å². The summed E-state index contributed by atoms with van der Waals surface area (Å²) >= 11 is 0. The molecule has 0 amide bonds. The van der Waals surface area contributed by atoms with Gasteiger partial charge in [0.25, 0.3) is 11.6 Å². The summed E-state index contributed by atoms with van der Waals surface area (Å²) in [7, 11) is -3.00. The fraction of sp³-hybridized carbons (Fsp3) is 0.583. The van der Waals surface area contributed by atoms with Gasteiger partial charge < -0.3 is 5.32 Å². The van der Waals surface area contributed by atoms with E-state index >= 15 is 0 Å². The van der Waals surface area contributed by atoms with Crippen molar-refractivity contribution in [3.63, 3.8) is 0 Å². The van der Waals surface area contributed by atoms with E-state index in [1.807, 2.05) is 0 Å². The molecule has 0 saturated carbocycles. The molecule has 1 aliphatic rings. The number of aromatic nitrogens is 4. The van der Waals surface area contributed by atoms with Crippen LogP contribution < -0.4 is 5.32 Å². The molecule has 1 saturated heterocycles. The number of aryl methyl sites for hydroxylation is 1. The van der Waals surface area contributed by atoms with E-state index in [0.717, 1.165) is 4.52 Å². The predicted octanol–water partition coefficient (Wildman–Crippen LogP) is 1.30. The first-order valence-electron chi connectivity index (χ1n) is 6.90. The molecule has 3 heterocycles. The highest BCUT2D eigenvalue weighted by Gasteiger charge is 2.37. The third-order valence-electron chi connectivity index (χ3n) is 3.59. The highest BCUT2D eigenvalue weighted by molar-refractivity contribution is 7.91. The number of sulfone groups is 1. The van der Waals surface area contributed by atoms with Crippen molar-refractivity contribution in [1.29, 1.82) is 0 Å². The average molecular weight is 349 g/mol. The Kier molecular flexibility index (Phi) is 3.69. The summed E-state index contributed by atoms with van der Waals surface area (Å²) in [4.78, 5) is 7.31. The maximum atomic E-state index is 12.7. The molecule has 7 nitrogen and oxygen atoms in total. The van der Waals surface area contributed by atoms with Crippen LogP contribution in [0.15, 0.2) is 6.07 Å². The minimum Gasteiger partial charge on any atom is -0.370 e. The van der Waals surface area contributed by atoms with Crippen LogP contribution in [-0.2, 0) is 16.0 Å². The Labute approximate surface area is 129 Å². The fourth-order valence-electron chi connectivity index (χ4n) is 2.51. The van der Waals surface area contributed by atoms with E-state index in [0.29, 0.717) is 24.5 Å². The zero-order valence-electron chi connectivity index (χ0n) is 12.1. The maximum absolute atomic E-state index is 12.7. The number of rotatable bonds is 3. The summed E-state index contributed by atoms with van der Waals surface area (Å²) < 4.78 is 62.0. The predicted molar refractivity (Wildman–Crippen MR) is 75.8 cm³/mol. The molecule has 2 aromatic rings. The van der Waals surface area contributed by atoms with Gasteiger partial charge in [0, 0.05) is 18.3 Å². The highest BCUT2D eigenvalue weighted by Crippen LogP contribution is 2.27. The van der Waals surface area contributed by atoms with Crippen molar-refractivity contribution in [2.45, 2.75) is 19.5 Å². The van der Waals surface area contributed by atoms with Crippen molar-refractivity contribution >= 4 is 21.4 Å². The molecule has 1 atom stereocenters. The third-order valence-corrected chi connectivity index (χ3v) is 5.43. The Balaban J connectivity index is 1.86. The van der Waals surface area contributed by atoms with Crippen LogP contribution in [0.3, 0.4) is 0 Å². The van der Waals surface area contributed by atoms with Gasteiger partial charge in [-0.3, -0.25) is 0 Å². The van der Waals surface area contributed by atoms with Gasteiger partial charge in [0.2, 0.25) is 0 Å². The Morgan fingerprint density at radius 1 is 1.39 bits per heavy atom. The number of hydrogen-bond donors (Lipinski definition) is 1. The second kappa shape index (κ2) is 5.32. The SMILES string of the molecule is Cc1cc(NC[C@@H]2CCS(=O)(=O)C2)n2nc(C(F)(F)F)nc2n1. The van der Waals surface area contributed by atoms with Crippen LogP contribution in [0.5, 0.6) is 0 Å². The Morgan fingerprint density at radius 2 is 2.13 bits per heavy atom. The zero-order valence-corrected chi connectivity index (χ0v) is 12.9. The van der Waals surface area contributed by atoms with Crippen LogP contribution in [0, 0.1) is 12.8 Å². The molecule has 23 heavy (non-hydrogen) atoms. The number of hydrogen-bond acceptors (Lipinski definition) is 6.